The minimum atomic E-state index is -1.00. The number of allylic oxidation sites excluding steroid dienone is 2. The summed E-state index contributed by atoms with van der Waals surface area (Å²) in [5, 5.41) is 28.5. The van der Waals surface area contributed by atoms with E-state index in [0.29, 0.717) is 6.61 Å². The fourth-order valence-corrected chi connectivity index (χ4v) is 3.12. The van der Waals surface area contributed by atoms with Gasteiger partial charge < -0.3 is 24.8 Å². The van der Waals surface area contributed by atoms with Crippen LogP contribution in [0.4, 0.5) is 0 Å². The lowest BCUT2D eigenvalue weighted by Crippen LogP contribution is -2.42. The SMILES string of the molecule is CCCCC/C=C/CCCCCCCO[C@@H]1[C@H]([C@H](O)CO)OC[C@@H]1O. The first-order valence-corrected chi connectivity index (χ1v) is 10.1. The zero-order chi connectivity index (χ0) is 18.3. The Balaban J connectivity index is 1.96. The maximum absolute atomic E-state index is 9.85. The Morgan fingerprint density at radius 1 is 1.04 bits per heavy atom. The summed E-state index contributed by atoms with van der Waals surface area (Å²) in [4.78, 5) is 0. The van der Waals surface area contributed by atoms with Crippen LogP contribution in [0.5, 0.6) is 0 Å². The highest BCUT2D eigenvalue weighted by atomic mass is 16.6. The van der Waals surface area contributed by atoms with Crippen molar-refractivity contribution in [3.8, 4) is 0 Å². The fourth-order valence-electron chi connectivity index (χ4n) is 3.12. The van der Waals surface area contributed by atoms with Crippen molar-refractivity contribution in [2.24, 2.45) is 0 Å². The van der Waals surface area contributed by atoms with Crippen molar-refractivity contribution in [3.05, 3.63) is 12.2 Å². The van der Waals surface area contributed by atoms with E-state index in [4.69, 9.17) is 14.6 Å². The van der Waals surface area contributed by atoms with Gasteiger partial charge in [-0.3, -0.25) is 0 Å². The molecule has 0 radical (unpaired) electrons. The minimum absolute atomic E-state index is 0.151. The van der Waals surface area contributed by atoms with Crippen molar-refractivity contribution >= 4 is 0 Å². The summed E-state index contributed by atoms with van der Waals surface area (Å²) in [6.45, 7) is 2.55. The van der Waals surface area contributed by atoms with Gasteiger partial charge in [-0.1, -0.05) is 51.2 Å². The quantitative estimate of drug-likeness (QED) is 0.310. The second kappa shape index (κ2) is 14.7. The summed E-state index contributed by atoms with van der Waals surface area (Å²) in [7, 11) is 0. The lowest BCUT2D eigenvalue weighted by Gasteiger charge is -2.23. The first-order chi connectivity index (χ1) is 12.2. The molecule has 0 aromatic carbocycles. The van der Waals surface area contributed by atoms with Crippen molar-refractivity contribution in [1.82, 2.24) is 0 Å². The van der Waals surface area contributed by atoms with Gasteiger partial charge in [-0.15, -0.1) is 0 Å². The zero-order valence-corrected chi connectivity index (χ0v) is 15.8. The monoisotopic (exact) mass is 358 g/mol. The van der Waals surface area contributed by atoms with Gasteiger partial charge in [0.05, 0.1) is 13.2 Å². The molecule has 1 fully saturated rings. The van der Waals surface area contributed by atoms with E-state index < -0.39 is 24.4 Å². The van der Waals surface area contributed by atoms with Gasteiger partial charge in [0, 0.05) is 6.61 Å². The highest BCUT2D eigenvalue weighted by Gasteiger charge is 2.40. The molecule has 0 aromatic rings. The second-order valence-electron chi connectivity index (χ2n) is 6.97. The number of aliphatic hydroxyl groups is 3. The number of aliphatic hydroxyl groups excluding tert-OH is 3. The molecule has 0 unspecified atom stereocenters. The van der Waals surface area contributed by atoms with Gasteiger partial charge in [-0.2, -0.15) is 0 Å². The molecule has 3 N–H and O–H groups in total. The van der Waals surface area contributed by atoms with E-state index in [-0.39, 0.29) is 13.2 Å². The fraction of sp³-hybridized carbons (Fsp3) is 0.900. The van der Waals surface area contributed by atoms with Crippen LogP contribution in [0.15, 0.2) is 12.2 Å². The molecule has 5 heteroatoms. The smallest absolute Gasteiger partial charge is 0.114 e. The van der Waals surface area contributed by atoms with Crippen LogP contribution in [0, 0.1) is 0 Å². The van der Waals surface area contributed by atoms with Crippen molar-refractivity contribution < 1.29 is 24.8 Å². The molecule has 5 nitrogen and oxygen atoms in total. The van der Waals surface area contributed by atoms with Crippen molar-refractivity contribution in [2.45, 2.75) is 95.5 Å². The largest absolute Gasteiger partial charge is 0.394 e. The number of unbranched alkanes of at least 4 members (excludes halogenated alkanes) is 8. The van der Waals surface area contributed by atoms with Gasteiger partial charge in [0.1, 0.15) is 24.4 Å². The Morgan fingerprint density at radius 3 is 2.36 bits per heavy atom. The van der Waals surface area contributed by atoms with Crippen LogP contribution in [-0.2, 0) is 9.47 Å². The van der Waals surface area contributed by atoms with E-state index in [1.54, 1.807) is 0 Å². The highest BCUT2D eigenvalue weighted by Crippen LogP contribution is 2.21. The van der Waals surface area contributed by atoms with E-state index in [1.165, 1.54) is 51.4 Å². The zero-order valence-electron chi connectivity index (χ0n) is 15.8. The van der Waals surface area contributed by atoms with Gasteiger partial charge in [-0.05, 0) is 32.1 Å². The van der Waals surface area contributed by atoms with Crippen LogP contribution in [0.25, 0.3) is 0 Å². The average Bonchev–Trinajstić information content (AvgIpc) is 2.99. The maximum Gasteiger partial charge on any atom is 0.114 e. The molecule has 0 spiro atoms. The van der Waals surface area contributed by atoms with Gasteiger partial charge in [-0.25, -0.2) is 0 Å². The number of rotatable bonds is 15. The van der Waals surface area contributed by atoms with Crippen LogP contribution in [0.1, 0.15) is 71.1 Å². The first-order valence-electron chi connectivity index (χ1n) is 10.1. The van der Waals surface area contributed by atoms with Gasteiger partial charge in [0.25, 0.3) is 0 Å². The van der Waals surface area contributed by atoms with Crippen molar-refractivity contribution in [1.29, 1.82) is 0 Å². The van der Waals surface area contributed by atoms with E-state index in [1.807, 2.05) is 0 Å². The van der Waals surface area contributed by atoms with Crippen LogP contribution >= 0.6 is 0 Å². The lowest BCUT2D eigenvalue weighted by atomic mass is 10.1. The number of hydrogen-bond acceptors (Lipinski definition) is 5. The molecule has 1 rings (SSSR count). The lowest BCUT2D eigenvalue weighted by molar-refractivity contribution is -0.0938. The van der Waals surface area contributed by atoms with E-state index in [0.717, 1.165) is 12.8 Å². The van der Waals surface area contributed by atoms with E-state index >= 15 is 0 Å². The van der Waals surface area contributed by atoms with Crippen LogP contribution in [-0.4, -0.2) is 59.6 Å². The van der Waals surface area contributed by atoms with E-state index in [9.17, 15) is 10.2 Å². The summed E-state index contributed by atoms with van der Waals surface area (Å²) in [6.07, 6.45) is 13.8. The molecule has 25 heavy (non-hydrogen) atoms. The van der Waals surface area contributed by atoms with Gasteiger partial charge in [0.15, 0.2) is 0 Å². The van der Waals surface area contributed by atoms with Crippen LogP contribution in [0.3, 0.4) is 0 Å². The van der Waals surface area contributed by atoms with E-state index in [2.05, 4.69) is 19.1 Å². The Kier molecular flexibility index (Phi) is 13.3. The predicted molar refractivity (Wildman–Crippen MR) is 99.6 cm³/mol. The molecular weight excluding hydrogens is 320 g/mol. The standard InChI is InChI=1S/C20H38O5/c1-2-3-4-5-6-7-8-9-10-11-12-13-14-24-20-18(23)16-25-19(20)17(22)15-21/h6-7,17-23H,2-5,8-16H2,1H3/b7-6+/t17-,18+,19+,20+/m1/s1. The molecule has 0 saturated carbocycles. The molecule has 1 heterocycles. The molecule has 0 aromatic heterocycles. The summed E-state index contributed by atoms with van der Waals surface area (Å²) in [6, 6.07) is 0. The molecular formula is C20H38O5. The third kappa shape index (κ3) is 9.71. The molecule has 4 atom stereocenters. The topological polar surface area (TPSA) is 79.2 Å². The van der Waals surface area contributed by atoms with Crippen molar-refractivity contribution in [2.75, 3.05) is 19.8 Å². The molecule has 148 valence electrons. The van der Waals surface area contributed by atoms with Gasteiger partial charge >= 0.3 is 0 Å². The van der Waals surface area contributed by atoms with Gasteiger partial charge in [0.2, 0.25) is 0 Å². The molecule has 1 saturated heterocycles. The Labute approximate surface area is 153 Å². The Hall–Kier alpha value is -0.460. The summed E-state index contributed by atoms with van der Waals surface area (Å²) < 4.78 is 11.0. The molecule has 0 aliphatic carbocycles. The van der Waals surface area contributed by atoms with Crippen LogP contribution < -0.4 is 0 Å². The Bertz CT molecular complexity index is 334. The Morgan fingerprint density at radius 2 is 1.68 bits per heavy atom. The summed E-state index contributed by atoms with van der Waals surface area (Å²) >= 11 is 0. The summed E-state index contributed by atoms with van der Waals surface area (Å²) in [5.41, 5.74) is 0. The predicted octanol–water partition coefficient (Wildman–Crippen LogP) is 2.96. The summed E-state index contributed by atoms with van der Waals surface area (Å²) in [5.74, 6) is 0. The normalized spacial score (nSPS) is 25.0. The third-order valence-corrected chi connectivity index (χ3v) is 4.70. The van der Waals surface area contributed by atoms with Crippen molar-refractivity contribution in [3.63, 3.8) is 0 Å². The molecule has 1 aliphatic heterocycles. The third-order valence-electron chi connectivity index (χ3n) is 4.70. The average molecular weight is 359 g/mol. The first kappa shape index (κ1) is 22.6. The maximum atomic E-state index is 9.85. The molecule has 1 aliphatic rings. The minimum Gasteiger partial charge on any atom is -0.394 e. The second-order valence-corrected chi connectivity index (χ2v) is 6.97. The highest BCUT2D eigenvalue weighted by molar-refractivity contribution is 4.89. The van der Waals surface area contributed by atoms with Crippen LogP contribution in [0.2, 0.25) is 0 Å². The molecule has 0 bridgehead atoms. The number of hydrogen-bond donors (Lipinski definition) is 3. The number of ether oxygens (including phenoxy) is 2. The molecule has 0 amide bonds.